The molecule has 1 aromatic heterocycles. The van der Waals surface area contributed by atoms with Crippen LogP contribution in [0.5, 0.6) is 5.75 Å². The molecule has 1 saturated carbocycles. The van der Waals surface area contributed by atoms with E-state index < -0.39 is 0 Å². The fraction of sp³-hybridized carbons (Fsp3) is 0.611. The number of nitrogens with two attached hydrogens (primary N) is 1. The highest BCUT2D eigenvalue weighted by Crippen LogP contribution is 2.30. The van der Waals surface area contributed by atoms with Gasteiger partial charge in [-0.2, -0.15) is 5.10 Å². The van der Waals surface area contributed by atoms with Crippen molar-refractivity contribution in [3.8, 4) is 5.75 Å². The number of hydrogen-bond donors (Lipinski definition) is 1. The summed E-state index contributed by atoms with van der Waals surface area (Å²) >= 11 is 0. The van der Waals surface area contributed by atoms with Gasteiger partial charge < -0.3 is 10.5 Å². The number of aromatic nitrogens is 2. The summed E-state index contributed by atoms with van der Waals surface area (Å²) in [7, 11) is 0. The van der Waals surface area contributed by atoms with Gasteiger partial charge in [-0.25, -0.2) is 0 Å². The van der Waals surface area contributed by atoms with E-state index in [4.69, 9.17) is 10.5 Å². The van der Waals surface area contributed by atoms with Gasteiger partial charge in [0.25, 0.3) is 0 Å². The Hall–Kier alpha value is -1.55. The molecule has 0 atom stereocenters. The number of nitrogens with zero attached hydrogens (tertiary/aromatic N) is 2. The van der Waals surface area contributed by atoms with E-state index in [2.05, 4.69) is 35.8 Å². The van der Waals surface area contributed by atoms with Crippen LogP contribution in [0.1, 0.15) is 51.0 Å². The smallest absolute Gasteiger partial charge is 0.123 e. The predicted molar refractivity (Wildman–Crippen MR) is 90.2 cm³/mol. The molecule has 0 saturated heterocycles. The molecule has 2 N–H and O–H groups in total. The van der Waals surface area contributed by atoms with Gasteiger partial charge in [0.2, 0.25) is 0 Å². The maximum Gasteiger partial charge on any atom is 0.123 e. The zero-order chi connectivity index (χ0) is 15.5. The minimum atomic E-state index is 0.311. The van der Waals surface area contributed by atoms with Crippen molar-refractivity contribution in [2.75, 3.05) is 0 Å². The van der Waals surface area contributed by atoms with Crippen LogP contribution >= 0.6 is 0 Å². The van der Waals surface area contributed by atoms with Gasteiger partial charge in [0.1, 0.15) is 5.75 Å². The Morgan fingerprint density at radius 2 is 2.05 bits per heavy atom. The summed E-state index contributed by atoms with van der Waals surface area (Å²) in [6.07, 6.45) is 8.90. The minimum Gasteiger partial charge on any atom is -0.490 e. The second-order valence-electron chi connectivity index (χ2n) is 6.50. The molecule has 120 valence electrons. The number of ether oxygens (including phenoxy) is 1. The van der Waals surface area contributed by atoms with E-state index in [9.17, 15) is 0 Å². The lowest BCUT2D eigenvalue weighted by molar-refractivity contribution is 0.146. The lowest BCUT2D eigenvalue weighted by Crippen LogP contribution is -2.31. The Morgan fingerprint density at radius 3 is 2.77 bits per heavy atom. The van der Waals surface area contributed by atoms with Gasteiger partial charge >= 0.3 is 0 Å². The summed E-state index contributed by atoms with van der Waals surface area (Å²) in [4.78, 5) is 0. The highest BCUT2D eigenvalue weighted by molar-refractivity contribution is 5.84. The van der Waals surface area contributed by atoms with Crippen molar-refractivity contribution in [2.45, 2.75) is 71.1 Å². The van der Waals surface area contributed by atoms with Crippen LogP contribution in [0, 0.1) is 6.92 Å². The molecular formula is C18H27N3O. The van der Waals surface area contributed by atoms with Gasteiger partial charge in [0, 0.05) is 23.5 Å². The van der Waals surface area contributed by atoms with Crippen molar-refractivity contribution >= 4 is 10.9 Å². The first-order chi connectivity index (χ1) is 10.7. The molecule has 2 aromatic rings. The topological polar surface area (TPSA) is 53.1 Å². The van der Waals surface area contributed by atoms with Crippen LogP contribution in [0.2, 0.25) is 0 Å². The maximum atomic E-state index is 6.24. The normalized spacial score (nSPS) is 22.1. The first kappa shape index (κ1) is 15.3. The summed E-state index contributed by atoms with van der Waals surface area (Å²) in [6, 6.07) is 4.62. The first-order valence-corrected chi connectivity index (χ1v) is 8.56. The lowest BCUT2D eigenvalue weighted by atomic mass is 9.93. The van der Waals surface area contributed by atoms with Crippen LogP contribution < -0.4 is 10.5 Å². The number of benzene rings is 1. The number of hydrogen-bond acceptors (Lipinski definition) is 3. The van der Waals surface area contributed by atoms with Gasteiger partial charge in [-0.1, -0.05) is 13.3 Å². The van der Waals surface area contributed by atoms with Crippen LogP contribution in [0.15, 0.2) is 18.3 Å². The molecule has 1 fully saturated rings. The van der Waals surface area contributed by atoms with Crippen LogP contribution in [0.4, 0.5) is 0 Å². The Bertz CT molecular complexity index is 627. The van der Waals surface area contributed by atoms with Crippen molar-refractivity contribution in [1.29, 1.82) is 0 Å². The fourth-order valence-corrected chi connectivity index (χ4v) is 3.27. The standard InChI is InChI=1S/C18H27N3O/c1-3-4-11-21-17-9-10-18(13(2)16(17)12-20-21)22-15-7-5-14(19)6-8-15/h9-10,12,14-15H,3-8,11,19H2,1-2H3. The molecule has 22 heavy (non-hydrogen) atoms. The molecular weight excluding hydrogens is 274 g/mol. The molecule has 1 aromatic carbocycles. The average Bonchev–Trinajstić information content (AvgIpc) is 2.94. The van der Waals surface area contributed by atoms with Gasteiger partial charge in [-0.3, -0.25) is 4.68 Å². The Kier molecular flexibility index (Phi) is 4.67. The zero-order valence-electron chi connectivity index (χ0n) is 13.7. The largest absolute Gasteiger partial charge is 0.490 e. The summed E-state index contributed by atoms with van der Waals surface area (Å²) < 4.78 is 8.35. The third kappa shape index (κ3) is 3.12. The number of unbranched alkanes of at least 4 members (excludes halogenated alkanes) is 1. The molecule has 4 heteroatoms. The molecule has 0 radical (unpaired) electrons. The highest BCUT2D eigenvalue weighted by atomic mass is 16.5. The van der Waals surface area contributed by atoms with Crippen molar-refractivity contribution in [3.63, 3.8) is 0 Å². The average molecular weight is 301 g/mol. The molecule has 3 rings (SSSR count). The Morgan fingerprint density at radius 1 is 1.27 bits per heavy atom. The monoisotopic (exact) mass is 301 g/mol. The SMILES string of the molecule is CCCCn1ncc2c(C)c(OC3CCC(N)CC3)ccc21. The summed E-state index contributed by atoms with van der Waals surface area (Å²) in [5.74, 6) is 1.00. The van der Waals surface area contributed by atoms with Gasteiger partial charge in [0.05, 0.1) is 17.8 Å². The van der Waals surface area contributed by atoms with E-state index >= 15 is 0 Å². The molecule has 1 aliphatic carbocycles. The van der Waals surface area contributed by atoms with Crippen LogP contribution in [0.25, 0.3) is 10.9 Å². The Balaban J connectivity index is 1.78. The molecule has 0 aliphatic heterocycles. The maximum absolute atomic E-state index is 6.24. The van der Waals surface area contributed by atoms with E-state index in [0.29, 0.717) is 12.1 Å². The van der Waals surface area contributed by atoms with Gasteiger partial charge in [-0.05, 0) is 51.2 Å². The molecule has 0 bridgehead atoms. The van der Waals surface area contributed by atoms with E-state index in [0.717, 1.165) is 44.4 Å². The van der Waals surface area contributed by atoms with E-state index in [1.165, 1.54) is 22.9 Å². The fourth-order valence-electron chi connectivity index (χ4n) is 3.27. The van der Waals surface area contributed by atoms with Gasteiger partial charge in [-0.15, -0.1) is 0 Å². The van der Waals surface area contributed by atoms with Crippen molar-refractivity contribution in [1.82, 2.24) is 9.78 Å². The predicted octanol–water partition coefficient (Wildman–Crippen LogP) is 3.79. The van der Waals surface area contributed by atoms with Gasteiger partial charge in [0.15, 0.2) is 0 Å². The summed E-state index contributed by atoms with van der Waals surface area (Å²) in [6.45, 7) is 5.33. The second-order valence-corrected chi connectivity index (χ2v) is 6.50. The first-order valence-electron chi connectivity index (χ1n) is 8.56. The molecule has 4 nitrogen and oxygen atoms in total. The van der Waals surface area contributed by atoms with Crippen LogP contribution in [-0.2, 0) is 6.54 Å². The van der Waals surface area contributed by atoms with Crippen molar-refractivity contribution in [2.24, 2.45) is 5.73 Å². The highest BCUT2D eigenvalue weighted by Gasteiger charge is 2.21. The van der Waals surface area contributed by atoms with E-state index in [-0.39, 0.29) is 0 Å². The second kappa shape index (κ2) is 6.69. The zero-order valence-corrected chi connectivity index (χ0v) is 13.7. The minimum absolute atomic E-state index is 0.311. The molecule has 1 heterocycles. The quantitative estimate of drug-likeness (QED) is 0.914. The third-order valence-corrected chi connectivity index (χ3v) is 4.78. The van der Waals surface area contributed by atoms with Crippen LogP contribution in [0.3, 0.4) is 0 Å². The molecule has 0 spiro atoms. The van der Waals surface area contributed by atoms with E-state index in [1.807, 2.05) is 6.20 Å². The van der Waals surface area contributed by atoms with E-state index in [1.54, 1.807) is 0 Å². The molecule has 1 aliphatic rings. The molecule has 0 unspecified atom stereocenters. The lowest BCUT2D eigenvalue weighted by Gasteiger charge is -2.27. The number of aryl methyl sites for hydroxylation is 2. The summed E-state index contributed by atoms with van der Waals surface area (Å²) in [5.41, 5.74) is 8.39. The third-order valence-electron chi connectivity index (χ3n) is 4.78. The van der Waals surface area contributed by atoms with Crippen molar-refractivity contribution in [3.05, 3.63) is 23.9 Å². The number of rotatable bonds is 5. The van der Waals surface area contributed by atoms with Crippen LogP contribution in [-0.4, -0.2) is 21.9 Å². The molecule has 0 amide bonds. The van der Waals surface area contributed by atoms with Crippen molar-refractivity contribution < 1.29 is 4.74 Å². The summed E-state index contributed by atoms with van der Waals surface area (Å²) in [5, 5.41) is 5.75. The Labute approximate surface area is 132 Å². The number of fused-ring (bicyclic) bond motifs is 1.